The van der Waals surface area contributed by atoms with Gasteiger partial charge >= 0.3 is 0 Å². The van der Waals surface area contributed by atoms with Crippen molar-refractivity contribution < 1.29 is 0 Å². The molecule has 0 saturated heterocycles. The molecule has 0 amide bonds. The zero-order valence-electron chi connectivity index (χ0n) is 10.0. The Balaban J connectivity index is 2.22. The van der Waals surface area contributed by atoms with Gasteiger partial charge < -0.3 is 5.32 Å². The SMILES string of the molecule is CCC(Nc1cccc(Cl)c1C)c1cccs1. The third kappa shape index (κ3) is 2.82. The van der Waals surface area contributed by atoms with Gasteiger partial charge in [0.1, 0.15) is 0 Å². The lowest BCUT2D eigenvalue weighted by atomic mass is 10.1. The van der Waals surface area contributed by atoms with Crippen LogP contribution < -0.4 is 5.32 Å². The first-order valence-electron chi connectivity index (χ1n) is 5.77. The van der Waals surface area contributed by atoms with Crippen molar-refractivity contribution >= 4 is 28.6 Å². The van der Waals surface area contributed by atoms with Crippen LogP contribution in [-0.4, -0.2) is 0 Å². The maximum Gasteiger partial charge on any atom is 0.0604 e. The fourth-order valence-corrected chi connectivity index (χ4v) is 2.85. The molecule has 0 aliphatic carbocycles. The molecule has 0 bridgehead atoms. The van der Waals surface area contributed by atoms with Gasteiger partial charge in [-0.25, -0.2) is 0 Å². The lowest BCUT2D eigenvalue weighted by Crippen LogP contribution is -2.09. The van der Waals surface area contributed by atoms with Crippen molar-refractivity contribution in [2.75, 3.05) is 5.32 Å². The Bertz CT molecular complexity index is 479. The summed E-state index contributed by atoms with van der Waals surface area (Å²) in [6.45, 7) is 4.24. The van der Waals surface area contributed by atoms with Gasteiger partial charge in [0.15, 0.2) is 0 Å². The Morgan fingerprint density at radius 3 is 2.76 bits per heavy atom. The molecule has 1 atom stereocenters. The van der Waals surface area contributed by atoms with Gasteiger partial charge in [-0.05, 0) is 42.5 Å². The molecule has 0 fully saturated rings. The Kier molecular flexibility index (Phi) is 4.08. The van der Waals surface area contributed by atoms with E-state index in [0.29, 0.717) is 6.04 Å². The lowest BCUT2D eigenvalue weighted by Gasteiger charge is -2.19. The normalized spacial score (nSPS) is 12.4. The number of anilines is 1. The Morgan fingerprint density at radius 1 is 1.29 bits per heavy atom. The molecule has 0 radical (unpaired) electrons. The van der Waals surface area contributed by atoms with Gasteiger partial charge in [-0.2, -0.15) is 0 Å². The summed E-state index contributed by atoms with van der Waals surface area (Å²) in [6.07, 6.45) is 1.06. The molecule has 1 N–H and O–H groups in total. The second-order valence-electron chi connectivity index (χ2n) is 4.03. The Labute approximate surface area is 111 Å². The van der Waals surface area contributed by atoms with Gasteiger partial charge in [-0.15, -0.1) is 11.3 Å². The van der Waals surface area contributed by atoms with E-state index in [1.54, 1.807) is 11.3 Å². The molecule has 2 rings (SSSR count). The minimum Gasteiger partial charge on any atom is -0.377 e. The molecule has 1 aromatic heterocycles. The quantitative estimate of drug-likeness (QED) is 0.794. The third-order valence-corrected chi connectivity index (χ3v) is 4.29. The Hall–Kier alpha value is -0.990. The summed E-state index contributed by atoms with van der Waals surface area (Å²) in [6, 6.07) is 10.6. The minimum atomic E-state index is 0.368. The van der Waals surface area contributed by atoms with E-state index in [9.17, 15) is 0 Å². The smallest absolute Gasteiger partial charge is 0.0604 e. The van der Waals surface area contributed by atoms with Crippen molar-refractivity contribution in [2.45, 2.75) is 26.3 Å². The Morgan fingerprint density at radius 2 is 2.12 bits per heavy atom. The van der Waals surface area contributed by atoms with Crippen LogP contribution in [0, 0.1) is 6.92 Å². The molecule has 0 aliphatic heterocycles. The number of hydrogen-bond acceptors (Lipinski definition) is 2. The van der Waals surface area contributed by atoms with Gasteiger partial charge in [0.2, 0.25) is 0 Å². The molecule has 1 heterocycles. The molecular weight excluding hydrogens is 250 g/mol. The van der Waals surface area contributed by atoms with Crippen molar-refractivity contribution in [3.63, 3.8) is 0 Å². The van der Waals surface area contributed by atoms with E-state index in [1.807, 2.05) is 19.1 Å². The predicted octanol–water partition coefficient (Wildman–Crippen LogP) is 5.27. The average molecular weight is 266 g/mol. The monoisotopic (exact) mass is 265 g/mol. The van der Waals surface area contributed by atoms with Crippen LogP contribution in [0.5, 0.6) is 0 Å². The predicted molar refractivity (Wildman–Crippen MR) is 77.2 cm³/mol. The highest BCUT2D eigenvalue weighted by molar-refractivity contribution is 7.10. The van der Waals surface area contributed by atoms with Crippen LogP contribution in [0.15, 0.2) is 35.7 Å². The van der Waals surface area contributed by atoms with E-state index in [1.165, 1.54) is 4.88 Å². The maximum absolute atomic E-state index is 6.13. The van der Waals surface area contributed by atoms with E-state index in [0.717, 1.165) is 22.7 Å². The fraction of sp³-hybridized carbons (Fsp3) is 0.286. The van der Waals surface area contributed by atoms with Gasteiger partial charge in [-0.1, -0.05) is 30.7 Å². The fourth-order valence-electron chi connectivity index (χ4n) is 1.82. The summed E-state index contributed by atoms with van der Waals surface area (Å²) >= 11 is 7.92. The number of halogens is 1. The van der Waals surface area contributed by atoms with Crippen LogP contribution in [0.4, 0.5) is 5.69 Å². The maximum atomic E-state index is 6.13. The lowest BCUT2D eigenvalue weighted by molar-refractivity contribution is 0.763. The number of nitrogens with one attached hydrogen (secondary N) is 1. The van der Waals surface area contributed by atoms with Crippen molar-refractivity contribution in [3.8, 4) is 0 Å². The van der Waals surface area contributed by atoms with E-state index in [-0.39, 0.29) is 0 Å². The molecule has 2 aromatic rings. The molecule has 1 nitrogen and oxygen atoms in total. The standard InChI is InChI=1S/C14H16ClNS/c1-3-12(14-8-5-9-17-14)16-13-7-4-6-11(15)10(13)2/h4-9,12,16H,3H2,1-2H3. The minimum absolute atomic E-state index is 0.368. The molecular formula is C14H16ClNS. The van der Waals surface area contributed by atoms with Gasteiger partial charge in [0, 0.05) is 15.6 Å². The molecule has 0 saturated carbocycles. The van der Waals surface area contributed by atoms with Crippen molar-refractivity contribution in [2.24, 2.45) is 0 Å². The van der Waals surface area contributed by atoms with E-state index >= 15 is 0 Å². The first kappa shape index (κ1) is 12.5. The zero-order chi connectivity index (χ0) is 12.3. The van der Waals surface area contributed by atoms with Crippen LogP contribution in [0.1, 0.15) is 29.8 Å². The summed E-state index contributed by atoms with van der Waals surface area (Å²) in [5.74, 6) is 0. The van der Waals surface area contributed by atoms with Crippen LogP contribution in [-0.2, 0) is 0 Å². The van der Waals surface area contributed by atoms with Gasteiger partial charge in [0.05, 0.1) is 6.04 Å². The highest BCUT2D eigenvalue weighted by atomic mass is 35.5. The number of hydrogen-bond donors (Lipinski definition) is 1. The number of thiophene rings is 1. The van der Waals surface area contributed by atoms with Crippen LogP contribution in [0.3, 0.4) is 0 Å². The molecule has 0 spiro atoms. The first-order valence-corrected chi connectivity index (χ1v) is 7.03. The molecule has 1 unspecified atom stereocenters. The number of benzene rings is 1. The average Bonchev–Trinajstić information content (AvgIpc) is 2.85. The molecule has 17 heavy (non-hydrogen) atoms. The van der Waals surface area contributed by atoms with Gasteiger partial charge in [-0.3, -0.25) is 0 Å². The van der Waals surface area contributed by atoms with Crippen LogP contribution >= 0.6 is 22.9 Å². The van der Waals surface area contributed by atoms with Crippen molar-refractivity contribution in [3.05, 3.63) is 51.2 Å². The van der Waals surface area contributed by atoms with Crippen molar-refractivity contribution in [1.29, 1.82) is 0 Å². The zero-order valence-corrected chi connectivity index (χ0v) is 11.6. The summed E-state index contributed by atoms with van der Waals surface area (Å²) in [5, 5.41) is 6.50. The largest absolute Gasteiger partial charge is 0.377 e. The second kappa shape index (κ2) is 5.56. The molecule has 1 aromatic carbocycles. The van der Waals surface area contributed by atoms with E-state index in [2.05, 4.69) is 35.8 Å². The summed E-state index contributed by atoms with van der Waals surface area (Å²) in [5.41, 5.74) is 2.24. The summed E-state index contributed by atoms with van der Waals surface area (Å²) < 4.78 is 0. The third-order valence-electron chi connectivity index (χ3n) is 2.89. The summed E-state index contributed by atoms with van der Waals surface area (Å²) in [4.78, 5) is 1.37. The van der Waals surface area contributed by atoms with E-state index in [4.69, 9.17) is 11.6 Å². The molecule has 0 aliphatic rings. The second-order valence-corrected chi connectivity index (χ2v) is 5.42. The highest BCUT2D eigenvalue weighted by Gasteiger charge is 2.11. The van der Waals surface area contributed by atoms with Crippen molar-refractivity contribution in [1.82, 2.24) is 0 Å². The number of rotatable bonds is 4. The highest BCUT2D eigenvalue weighted by Crippen LogP contribution is 2.30. The first-order chi connectivity index (χ1) is 8.22. The van der Waals surface area contributed by atoms with Crippen LogP contribution in [0.2, 0.25) is 5.02 Å². The van der Waals surface area contributed by atoms with E-state index < -0.39 is 0 Å². The molecule has 3 heteroatoms. The van der Waals surface area contributed by atoms with Gasteiger partial charge in [0.25, 0.3) is 0 Å². The summed E-state index contributed by atoms with van der Waals surface area (Å²) in [7, 11) is 0. The topological polar surface area (TPSA) is 12.0 Å². The molecule has 90 valence electrons. The van der Waals surface area contributed by atoms with Crippen LogP contribution in [0.25, 0.3) is 0 Å².